The summed E-state index contributed by atoms with van der Waals surface area (Å²) >= 11 is 0. The lowest BCUT2D eigenvalue weighted by molar-refractivity contribution is -0.00000525. The van der Waals surface area contributed by atoms with Crippen molar-refractivity contribution in [2.75, 3.05) is 11.9 Å². The summed E-state index contributed by atoms with van der Waals surface area (Å²) in [4.78, 5) is 3.26. The van der Waals surface area contributed by atoms with E-state index in [0.29, 0.717) is 24.0 Å². The number of nitrogens with one attached hydrogen (secondary N) is 1. The quantitative estimate of drug-likeness (QED) is 0.832. The number of para-hydroxylation sites is 1. The zero-order valence-electron chi connectivity index (χ0n) is 12.8. The first-order valence-corrected chi connectivity index (χ1v) is 7.13. The van der Waals surface area contributed by atoms with Crippen LogP contribution >= 0.6 is 0 Å². The van der Waals surface area contributed by atoms with Crippen molar-refractivity contribution in [3.05, 3.63) is 53.5 Å². The molecule has 0 radical (unpaired) electrons. The second-order valence-electron chi connectivity index (χ2n) is 5.30. The van der Waals surface area contributed by atoms with Crippen LogP contribution in [0.25, 0.3) is 4.98 Å². The van der Waals surface area contributed by atoms with Crippen LogP contribution in [-0.2, 0) is 0 Å². The summed E-state index contributed by atoms with van der Waals surface area (Å²) in [6.07, 6.45) is 0.960. The van der Waals surface area contributed by atoms with Crippen LogP contribution in [0.5, 0.6) is 5.75 Å². The molecule has 116 valence electrons. The number of hydrogen-bond donors (Lipinski definition) is 1. The minimum absolute atomic E-state index is 0. The van der Waals surface area contributed by atoms with E-state index in [4.69, 9.17) is 10.1 Å². The Morgan fingerprint density at radius 3 is 2.45 bits per heavy atom. The number of halogens is 1. The lowest BCUT2D eigenvalue weighted by atomic mass is 10.1. The second kappa shape index (κ2) is 8.91. The van der Waals surface area contributed by atoms with Crippen molar-refractivity contribution >= 4 is 17.1 Å². The molecule has 0 saturated carbocycles. The maximum atomic E-state index is 9.03. The number of ether oxygens (including phenoxy) is 1. The molecule has 1 N–H and O–H groups in total. The number of hydrogen-bond acceptors (Lipinski definition) is 3. The van der Waals surface area contributed by atoms with E-state index >= 15 is 0 Å². The highest BCUT2D eigenvalue weighted by Crippen LogP contribution is 2.32. The Hall–Kier alpha value is -2.25. The number of anilines is 2. The first-order valence-electron chi connectivity index (χ1n) is 7.13. The second-order valence-corrected chi connectivity index (χ2v) is 5.30. The molecule has 0 heterocycles. The summed E-state index contributed by atoms with van der Waals surface area (Å²) < 4.78 is 5.72. The molecular formula is C17H20ClN3O. The third-order valence-corrected chi connectivity index (χ3v) is 3.08. The monoisotopic (exact) mass is 317 g/mol. The molecule has 0 spiro atoms. The molecule has 0 aliphatic carbocycles. The van der Waals surface area contributed by atoms with Gasteiger partial charge in [0.2, 0.25) is 11.1 Å². The Kier molecular flexibility index (Phi) is 7.21. The minimum Gasteiger partial charge on any atom is -1.00 e. The molecule has 22 heavy (non-hydrogen) atoms. The Morgan fingerprint density at radius 1 is 1.09 bits per heavy atom. The molecular weight excluding hydrogens is 298 g/mol. The average Bonchev–Trinajstić information content (AvgIpc) is 2.48. The van der Waals surface area contributed by atoms with Gasteiger partial charge in [-0.1, -0.05) is 32.0 Å². The van der Waals surface area contributed by atoms with Gasteiger partial charge in [0.15, 0.2) is 4.98 Å². The maximum Gasteiger partial charge on any atom is 0.426 e. The van der Waals surface area contributed by atoms with Crippen LogP contribution in [0.2, 0.25) is 0 Å². The van der Waals surface area contributed by atoms with Gasteiger partial charge in [-0.3, -0.25) is 0 Å². The number of nitrogens with zero attached hydrogens (tertiary/aromatic N) is 2. The molecule has 2 aromatic carbocycles. The highest BCUT2D eigenvalue weighted by atomic mass is 35.5. The van der Waals surface area contributed by atoms with Gasteiger partial charge < -0.3 is 22.5 Å². The fourth-order valence-electron chi connectivity index (χ4n) is 1.88. The van der Waals surface area contributed by atoms with Crippen LogP contribution in [-0.4, -0.2) is 6.61 Å². The summed E-state index contributed by atoms with van der Waals surface area (Å²) in [7, 11) is 0. The third-order valence-electron chi connectivity index (χ3n) is 3.08. The van der Waals surface area contributed by atoms with Gasteiger partial charge in [-0.05, 0) is 30.5 Å². The van der Waals surface area contributed by atoms with Gasteiger partial charge in [0.1, 0.15) is 0 Å². The fraction of sp³-hybridized carbons (Fsp3) is 0.294. The maximum absolute atomic E-state index is 9.03. The van der Waals surface area contributed by atoms with E-state index < -0.39 is 0 Å². The van der Waals surface area contributed by atoms with Gasteiger partial charge in [0.25, 0.3) is 0 Å². The van der Waals surface area contributed by atoms with E-state index in [1.54, 1.807) is 6.07 Å². The molecule has 0 aliphatic rings. The first-order chi connectivity index (χ1) is 10.2. The minimum atomic E-state index is 0. The lowest BCUT2D eigenvalue weighted by Gasteiger charge is -2.09. The van der Waals surface area contributed by atoms with Gasteiger partial charge in [0, 0.05) is 23.5 Å². The normalized spacial score (nSPS) is 9.73. The zero-order valence-corrected chi connectivity index (χ0v) is 13.5. The topological polar surface area (TPSA) is 49.4 Å². The first kappa shape index (κ1) is 17.8. The zero-order chi connectivity index (χ0) is 15.1. The van der Waals surface area contributed by atoms with Crippen molar-refractivity contribution in [2.24, 2.45) is 5.92 Å². The predicted molar refractivity (Wildman–Crippen MR) is 85.9 cm³/mol. The van der Waals surface area contributed by atoms with Crippen LogP contribution in [0.3, 0.4) is 0 Å². The van der Waals surface area contributed by atoms with E-state index in [9.17, 15) is 0 Å². The molecule has 0 amide bonds. The Morgan fingerprint density at radius 2 is 1.82 bits per heavy atom. The van der Waals surface area contributed by atoms with Crippen LogP contribution < -0.4 is 22.5 Å². The van der Waals surface area contributed by atoms with E-state index in [-0.39, 0.29) is 12.4 Å². The number of diazo groups is 1. The van der Waals surface area contributed by atoms with Gasteiger partial charge in [-0.2, -0.15) is 0 Å². The van der Waals surface area contributed by atoms with Crippen molar-refractivity contribution in [3.63, 3.8) is 0 Å². The molecule has 2 rings (SSSR count). The summed E-state index contributed by atoms with van der Waals surface area (Å²) in [5, 5.41) is 12.3. The van der Waals surface area contributed by atoms with Crippen molar-refractivity contribution in [2.45, 2.75) is 20.3 Å². The lowest BCUT2D eigenvalue weighted by Crippen LogP contribution is -3.00. The molecule has 0 aromatic heterocycles. The van der Waals surface area contributed by atoms with Crippen molar-refractivity contribution in [3.8, 4) is 5.75 Å². The molecule has 0 aliphatic heterocycles. The molecule has 5 heteroatoms. The molecule has 0 fully saturated rings. The van der Waals surface area contributed by atoms with Crippen LogP contribution in [0.1, 0.15) is 20.3 Å². The fourth-order valence-corrected chi connectivity index (χ4v) is 1.88. The van der Waals surface area contributed by atoms with Gasteiger partial charge >= 0.3 is 5.69 Å². The summed E-state index contributed by atoms with van der Waals surface area (Å²) in [5.41, 5.74) is 2.34. The molecule has 0 atom stereocenters. The number of benzene rings is 2. The predicted octanol–water partition coefficient (Wildman–Crippen LogP) is 2.34. The van der Waals surface area contributed by atoms with E-state index in [0.717, 1.165) is 17.8 Å². The van der Waals surface area contributed by atoms with Gasteiger partial charge in [-0.15, -0.1) is 0 Å². The molecule has 0 saturated heterocycles. The SMILES string of the molecule is CC(C)CCOc1cc(Nc2ccccc2)ccc1[N+]#N.[Cl-]. The standard InChI is InChI=1S/C17H20N3O.ClH/c1-13(2)10-11-21-17-12-15(8-9-16(17)20-18)19-14-6-4-3-5-7-14;/h3-9,12-13,19H,10-11H2,1-2H3;1H/q+1;/p-1. The highest BCUT2D eigenvalue weighted by Gasteiger charge is 2.16. The van der Waals surface area contributed by atoms with Gasteiger partial charge in [0.05, 0.1) is 6.61 Å². The van der Waals surface area contributed by atoms with E-state index in [1.165, 1.54) is 0 Å². The molecule has 0 unspecified atom stereocenters. The van der Waals surface area contributed by atoms with E-state index in [1.807, 2.05) is 42.5 Å². The smallest absolute Gasteiger partial charge is 0.426 e. The Balaban J connectivity index is 0.00000242. The molecule has 2 aromatic rings. The van der Waals surface area contributed by atoms with Crippen molar-refractivity contribution in [1.82, 2.24) is 0 Å². The molecule has 4 nitrogen and oxygen atoms in total. The third kappa shape index (κ3) is 5.27. The Bertz CT molecular complexity index is 624. The molecule has 0 bridgehead atoms. The summed E-state index contributed by atoms with van der Waals surface area (Å²) in [5.74, 6) is 1.16. The van der Waals surface area contributed by atoms with Gasteiger partial charge in [-0.25, -0.2) is 0 Å². The van der Waals surface area contributed by atoms with E-state index in [2.05, 4.69) is 24.1 Å². The van der Waals surface area contributed by atoms with Crippen molar-refractivity contribution in [1.29, 1.82) is 5.39 Å². The summed E-state index contributed by atoms with van der Waals surface area (Å²) in [6.45, 7) is 4.90. The van der Waals surface area contributed by atoms with Crippen molar-refractivity contribution < 1.29 is 17.1 Å². The van der Waals surface area contributed by atoms with Crippen LogP contribution in [0, 0.1) is 11.3 Å². The van der Waals surface area contributed by atoms with Crippen LogP contribution in [0.4, 0.5) is 17.1 Å². The van der Waals surface area contributed by atoms with Crippen LogP contribution in [0.15, 0.2) is 48.5 Å². The highest BCUT2D eigenvalue weighted by molar-refractivity contribution is 5.68. The number of rotatable bonds is 6. The summed E-state index contributed by atoms with van der Waals surface area (Å²) in [6, 6.07) is 15.3. The largest absolute Gasteiger partial charge is 1.00 e. The Labute approximate surface area is 137 Å². The average molecular weight is 318 g/mol.